The van der Waals surface area contributed by atoms with Crippen LogP contribution >= 0.6 is 12.9 Å². The largest absolute Gasteiger partial charge is 1.00 e. The van der Waals surface area contributed by atoms with E-state index in [4.69, 9.17) is 4.55 Å². The van der Waals surface area contributed by atoms with Crippen LogP contribution in [-0.2, 0) is 0 Å². The minimum Gasteiger partial charge on any atom is -1.00 e. The fourth-order valence-electron chi connectivity index (χ4n) is 0. The molecule has 0 unspecified atom stereocenters. The first kappa shape index (κ1) is 18.6. The average molecular weight is 92.1 g/mol. The van der Waals surface area contributed by atoms with Gasteiger partial charge in [0, 0.05) is 0 Å². The van der Waals surface area contributed by atoms with Crippen molar-refractivity contribution in [3.05, 3.63) is 0 Å². The summed E-state index contributed by atoms with van der Waals surface area (Å²) in [4.78, 5) is 0. The molecular formula is H5NaO2S. The molecule has 0 aromatic heterocycles. The number of hydrogen-bond donors (Lipinski definition) is 2. The van der Waals surface area contributed by atoms with Gasteiger partial charge in [0.2, 0.25) is 0 Å². The van der Waals surface area contributed by atoms with Gasteiger partial charge >= 0.3 is 29.6 Å². The van der Waals surface area contributed by atoms with Crippen LogP contribution in [-0.4, -0.2) is 10.0 Å². The van der Waals surface area contributed by atoms with Crippen molar-refractivity contribution in [3.63, 3.8) is 0 Å². The summed E-state index contributed by atoms with van der Waals surface area (Å²) in [6.45, 7) is 0. The molecule has 0 fully saturated rings. The van der Waals surface area contributed by atoms with E-state index in [2.05, 4.69) is 12.9 Å². The van der Waals surface area contributed by atoms with Crippen molar-refractivity contribution in [1.82, 2.24) is 0 Å². The van der Waals surface area contributed by atoms with Crippen molar-refractivity contribution >= 4 is 12.9 Å². The number of hydrogen-bond acceptors (Lipinski definition) is 2. The normalized spacial score (nSPS) is 1.50. The van der Waals surface area contributed by atoms with Crippen molar-refractivity contribution in [2.45, 2.75) is 0 Å². The smallest absolute Gasteiger partial charge is 1.00 e. The van der Waals surface area contributed by atoms with Crippen molar-refractivity contribution in [3.8, 4) is 0 Å². The van der Waals surface area contributed by atoms with Crippen LogP contribution in [0.2, 0.25) is 0 Å². The monoisotopic (exact) mass is 92.0 g/mol. The fourth-order valence-corrected chi connectivity index (χ4v) is 0. The summed E-state index contributed by atoms with van der Waals surface area (Å²) in [6, 6.07) is 0. The predicted octanol–water partition coefficient (Wildman–Crippen LogP) is -3.32. The third-order valence-electron chi connectivity index (χ3n) is 0. The van der Waals surface area contributed by atoms with Crippen molar-refractivity contribution < 1.29 is 41.0 Å². The van der Waals surface area contributed by atoms with Crippen LogP contribution in [0.5, 0.6) is 0 Å². The van der Waals surface area contributed by atoms with Gasteiger partial charge in [-0.15, -0.1) is 0 Å². The standard InChI is InChI=1S/Na.H2OS.H2O.H/c;1-2;;/h;1-2H;1H2;/q+1;;;-1. The van der Waals surface area contributed by atoms with Crippen LogP contribution in [0, 0.1) is 0 Å². The Kier molecular flexibility index (Phi) is 132. The van der Waals surface area contributed by atoms with Gasteiger partial charge in [0.15, 0.2) is 0 Å². The summed E-state index contributed by atoms with van der Waals surface area (Å²) in [5, 5.41) is 0. The Balaban J connectivity index is -0.00000000167. The second kappa shape index (κ2) is 28.3. The van der Waals surface area contributed by atoms with Crippen LogP contribution in [0.15, 0.2) is 0 Å². The summed E-state index contributed by atoms with van der Waals surface area (Å²) in [7, 11) is 0. The summed E-state index contributed by atoms with van der Waals surface area (Å²) in [6.07, 6.45) is 0. The molecule has 2 nitrogen and oxygen atoms in total. The zero-order chi connectivity index (χ0) is 2.00. The molecule has 0 saturated heterocycles. The van der Waals surface area contributed by atoms with E-state index in [1.54, 1.807) is 0 Å². The Morgan fingerprint density at radius 1 is 1.50 bits per heavy atom. The van der Waals surface area contributed by atoms with E-state index in [0.717, 1.165) is 0 Å². The fraction of sp³-hybridized carbons (Fsp3) is 0. The molecule has 0 spiro atoms. The average Bonchev–Trinajstić information content (AvgIpc) is 1.00. The Morgan fingerprint density at radius 2 is 1.50 bits per heavy atom. The maximum Gasteiger partial charge on any atom is 1.00 e. The first-order chi connectivity index (χ1) is 1.00. The van der Waals surface area contributed by atoms with Crippen LogP contribution in [0.3, 0.4) is 0 Å². The number of rotatable bonds is 0. The summed E-state index contributed by atoms with van der Waals surface area (Å²) < 4.78 is 6.69. The maximum absolute atomic E-state index is 6.69. The first-order valence-electron chi connectivity index (χ1n) is 0.200. The molecule has 4 heavy (non-hydrogen) atoms. The molecule has 0 aromatic rings. The molecule has 0 saturated carbocycles. The second-order valence-electron chi connectivity index (χ2n) is 0. The van der Waals surface area contributed by atoms with Crippen molar-refractivity contribution in [2.75, 3.05) is 0 Å². The SMILES string of the molecule is O.OS.[H-].[Na+]. The van der Waals surface area contributed by atoms with E-state index in [9.17, 15) is 0 Å². The van der Waals surface area contributed by atoms with Gasteiger partial charge in [0.1, 0.15) is 0 Å². The first-order valence-corrected chi connectivity index (χ1v) is 0.600. The van der Waals surface area contributed by atoms with Gasteiger partial charge in [0.05, 0.1) is 0 Å². The Labute approximate surface area is 53.9 Å². The van der Waals surface area contributed by atoms with Gasteiger partial charge < -0.3 is 11.5 Å². The van der Waals surface area contributed by atoms with E-state index in [-0.39, 0.29) is 36.5 Å². The summed E-state index contributed by atoms with van der Waals surface area (Å²) >= 11 is 2.53. The minimum atomic E-state index is 0. The van der Waals surface area contributed by atoms with Gasteiger partial charge in [-0.3, -0.25) is 0 Å². The van der Waals surface area contributed by atoms with Crippen LogP contribution in [0.4, 0.5) is 0 Å². The zero-order valence-electron chi connectivity index (χ0n) is 3.39. The molecule has 0 heterocycles. The molecule has 0 bridgehead atoms. The van der Waals surface area contributed by atoms with Crippen LogP contribution in [0.1, 0.15) is 1.43 Å². The maximum atomic E-state index is 6.69. The van der Waals surface area contributed by atoms with E-state index in [0.29, 0.717) is 0 Å². The molecule has 3 N–H and O–H groups in total. The molecule has 0 aliphatic carbocycles. The molecule has 0 aromatic carbocycles. The molecule has 24 valence electrons. The molecule has 0 aliphatic rings. The molecule has 4 heteroatoms. The van der Waals surface area contributed by atoms with E-state index >= 15 is 0 Å². The van der Waals surface area contributed by atoms with Crippen molar-refractivity contribution in [1.29, 1.82) is 0 Å². The predicted molar refractivity (Wildman–Crippen MR) is 16.3 cm³/mol. The molecule has 0 radical (unpaired) electrons. The van der Waals surface area contributed by atoms with Gasteiger partial charge in [-0.2, -0.15) is 0 Å². The number of thiol groups is 1. The third kappa shape index (κ3) is 10.4. The van der Waals surface area contributed by atoms with Crippen LogP contribution in [0.25, 0.3) is 0 Å². The Morgan fingerprint density at radius 3 is 1.50 bits per heavy atom. The molecule has 0 aliphatic heterocycles. The second-order valence-corrected chi connectivity index (χ2v) is 0. The van der Waals surface area contributed by atoms with E-state index in [1.165, 1.54) is 0 Å². The Hall–Kier alpha value is 1.27. The molecule has 0 rings (SSSR count). The van der Waals surface area contributed by atoms with Crippen LogP contribution < -0.4 is 29.6 Å². The van der Waals surface area contributed by atoms with Gasteiger partial charge in [-0.1, -0.05) is 0 Å². The topological polar surface area (TPSA) is 51.7 Å². The summed E-state index contributed by atoms with van der Waals surface area (Å²) in [5.74, 6) is 0. The molecule has 0 atom stereocenters. The van der Waals surface area contributed by atoms with Crippen molar-refractivity contribution in [2.24, 2.45) is 0 Å². The minimum absolute atomic E-state index is 0. The van der Waals surface area contributed by atoms with E-state index in [1.807, 2.05) is 0 Å². The van der Waals surface area contributed by atoms with Gasteiger partial charge in [-0.05, 0) is 12.9 Å². The van der Waals surface area contributed by atoms with E-state index < -0.39 is 0 Å². The Bertz CT molecular complexity index is 9.61. The van der Waals surface area contributed by atoms with Gasteiger partial charge in [0.25, 0.3) is 0 Å². The van der Waals surface area contributed by atoms with Gasteiger partial charge in [-0.25, -0.2) is 0 Å². The zero-order valence-corrected chi connectivity index (χ0v) is 5.29. The molecular weight excluding hydrogens is 87.1 g/mol. The third-order valence-corrected chi connectivity index (χ3v) is 0. The quantitative estimate of drug-likeness (QED) is 0.183. The summed E-state index contributed by atoms with van der Waals surface area (Å²) in [5.41, 5.74) is 0. The molecule has 0 amide bonds.